The van der Waals surface area contributed by atoms with E-state index >= 15 is 0 Å². The molecule has 17 heavy (non-hydrogen) atoms. The molecule has 2 amide bonds. The standard InChI is InChI=1S/C12H17N3O2/c1-7(2)8-5-10(13-6-8)14-9-3-4-11(16)15-12(9)17/h5-7,9,13-14H,3-4H2,1-2H3,(H,15,16,17). The number of amides is 2. The van der Waals surface area contributed by atoms with E-state index in [1.54, 1.807) is 0 Å². The van der Waals surface area contributed by atoms with Crippen molar-refractivity contribution in [2.24, 2.45) is 0 Å². The lowest BCUT2D eigenvalue weighted by Gasteiger charge is -2.21. The third-order valence-electron chi connectivity index (χ3n) is 2.94. The van der Waals surface area contributed by atoms with Gasteiger partial charge in [-0.3, -0.25) is 14.9 Å². The number of hydrogen-bond acceptors (Lipinski definition) is 3. The summed E-state index contributed by atoms with van der Waals surface area (Å²) >= 11 is 0. The van der Waals surface area contributed by atoms with Crippen LogP contribution in [0.15, 0.2) is 12.3 Å². The summed E-state index contributed by atoms with van der Waals surface area (Å²) in [4.78, 5) is 25.6. The van der Waals surface area contributed by atoms with E-state index in [2.05, 4.69) is 29.5 Å². The summed E-state index contributed by atoms with van der Waals surface area (Å²) in [5, 5.41) is 5.43. The van der Waals surface area contributed by atoms with Crippen LogP contribution in [0.2, 0.25) is 0 Å². The van der Waals surface area contributed by atoms with Crippen LogP contribution in [0, 0.1) is 0 Å². The number of anilines is 1. The van der Waals surface area contributed by atoms with Crippen LogP contribution < -0.4 is 10.6 Å². The fourth-order valence-electron chi connectivity index (χ4n) is 1.85. The van der Waals surface area contributed by atoms with Crippen LogP contribution in [0.3, 0.4) is 0 Å². The molecule has 1 aromatic rings. The lowest BCUT2D eigenvalue weighted by atomic mass is 10.1. The Balaban J connectivity index is 2.00. The quantitative estimate of drug-likeness (QED) is 0.692. The predicted molar refractivity (Wildman–Crippen MR) is 64.7 cm³/mol. The molecule has 2 rings (SSSR count). The molecule has 1 aromatic heterocycles. The fraction of sp³-hybridized carbons (Fsp3) is 0.500. The van der Waals surface area contributed by atoms with E-state index in [1.807, 2.05) is 12.3 Å². The van der Waals surface area contributed by atoms with Crippen molar-refractivity contribution in [2.45, 2.75) is 38.6 Å². The second-order valence-electron chi connectivity index (χ2n) is 4.65. The minimum atomic E-state index is -0.327. The lowest BCUT2D eigenvalue weighted by molar-refractivity contribution is -0.133. The second kappa shape index (κ2) is 4.61. The summed E-state index contributed by atoms with van der Waals surface area (Å²) in [6, 6.07) is 1.67. The van der Waals surface area contributed by atoms with Crippen LogP contribution in [0.4, 0.5) is 5.82 Å². The fourth-order valence-corrected chi connectivity index (χ4v) is 1.85. The van der Waals surface area contributed by atoms with Crippen LogP contribution in [-0.2, 0) is 9.59 Å². The van der Waals surface area contributed by atoms with Crippen molar-refractivity contribution in [2.75, 3.05) is 5.32 Å². The minimum absolute atomic E-state index is 0.192. The Hall–Kier alpha value is -1.78. The van der Waals surface area contributed by atoms with Gasteiger partial charge in [0.25, 0.3) is 0 Å². The summed E-state index contributed by atoms with van der Waals surface area (Å²) < 4.78 is 0. The van der Waals surface area contributed by atoms with Crippen molar-refractivity contribution in [3.63, 3.8) is 0 Å². The third kappa shape index (κ3) is 2.67. The average molecular weight is 235 g/mol. The summed E-state index contributed by atoms with van der Waals surface area (Å²) in [6.45, 7) is 4.22. The minimum Gasteiger partial charge on any atom is -0.360 e. The molecule has 0 aromatic carbocycles. The first-order valence-corrected chi connectivity index (χ1v) is 5.85. The molecular formula is C12H17N3O2. The first-order chi connectivity index (χ1) is 8.06. The number of carbonyl (C=O) groups excluding carboxylic acids is 2. The van der Waals surface area contributed by atoms with Gasteiger partial charge in [-0.2, -0.15) is 0 Å². The van der Waals surface area contributed by atoms with Gasteiger partial charge in [0.15, 0.2) is 0 Å². The molecule has 0 radical (unpaired) electrons. The molecular weight excluding hydrogens is 218 g/mol. The van der Waals surface area contributed by atoms with Gasteiger partial charge in [-0.15, -0.1) is 0 Å². The molecule has 1 aliphatic rings. The number of rotatable bonds is 3. The first-order valence-electron chi connectivity index (χ1n) is 5.85. The number of imide groups is 1. The highest BCUT2D eigenvalue weighted by atomic mass is 16.2. The molecule has 1 fully saturated rings. The Morgan fingerprint density at radius 1 is 1.41 bits per heavy atom. The summed E-state index contributed by atoms with van der Waals surface area (Å²) in [5.41, 5.74) is 1.19. The number of piperidine rings is 1. The van der Waals surface area contributed by atoms with Crippen molar-refractivity contribution in [1.29, 1.82) is 0 Å². The van der Waals surface area contributed by atoms with E-state index < -0.39 is 0 Å². The van der Waals surface area contributed by atoms with Crippen LogP contribution in [0.5, 0.6) is 0 Å². The Labute approximate surface area is 100.0 Å². The van der Waals surface area contributed by atoms with Gasteiger partial charge >= 0.3 is 0 Å². The van der Waals surface area contributed by atoms with Crippen molar-refractivity contribution < 1.29 is 9.59 Å². The van der Waals surface area contributed by atoms with E-state index in [0.717, 1.165) is 5.82 Å². The zero-order valence-corrected chi connectivity index (χ0v) is 10.0. The van der Waals surface area contributed by atoms with E-state index in [1.165, 1.54) is 5.56 Å². The molecule has 0 bridgehead atoms. The van der Waals surface area contributed by atoms with Gasteiger partial charge in [-0.05, 0) is 24.0 Å². The smallest absolute Gasteiger partial charge is 0.249 e. The molecule has 1 saturated heterocycles. The number of carbonyl (C=O) groups is 2. The van der Waals surface area contributed by atoms with Gasteiger partial charge in [-0.25, -0.2) is 0 Å². The number of hydrogen-bond donors (Lipinski definition) is 3. The normalized spacial score (nSPS) is 20.5. The van der Waals surface area contributed by atoms with E-state index in [0.29, 0.717) is 18.8 Å². The number of aromatic nitrogens is 1. The zero-order valence-electron chi connectivity index (χ0n) is 10.0. The summed E-state index contributed by atoms with van der Waals surface area (Å²) in [5.74, 6) is 0.830. The van der Waals surface area contributed by atoms with Crippen LogP contribution in [0.25, 0.3) is 0 Å². The SMILES string of the molecule is CC(C)c1c[nH]c(NC2CCC(=O)NC2=O)c1. The summed E-state index contributed by atoms with van der Waals surface area (Å²) in [6.07, 6.45) is 2.86. The van der Waals surface area contributed by atoms with Gasteiger partial charge in [0.1, 0.15) is 11.9 Å². The molecule has 0 spiro atoms. The molecule has 1 aliphatic heterocycles. The number of nitrogens with one attached hydrogen (secondary N) is 3. The highest BCUT2D eigenvalue weighted by molar-refractivity contribution is 6.01. The van der Waals surface area contributed by atoms with Crippen molar-refractivity contribution >= 4 is 17.6 Å². The average Bonchev–Trinajstić information content (AvgIpc) is 2.71. The van der Waals surface area contributed by atoms with Crippen LogP contribution in [-0.4, -0.2) is 22.8 Å². The first kappa shape index (κ1) is 11.7. The maximum absolute atomic E-state index is 11.5. The van der Waals surface area contributed by atoms with Crippen molar-refractivity contribution in [3.8, 4) is 0 Å². The van der Waals surface area contributed by atoms with Gasteiger partial charge in [0.05, 0.1) is 0 Å². The Morgan fingerprint density at radius 3 is 2.76 bits per heavy atom. The van der Waals surface area contributed by atoms with E-state index in [4.69, 9.17) is 0 Å². The topological polar surface area (TPSA) is 74.0 Å². The van der Waals surface area contributed by atoms with Crippen molar-refractivity contribution in [1.82, 2.24) is 10.3 Å². The number of aromatic amines is 1. The molecule has 0 aliphatic carbocycles. The molecule has 3 N–H and O–H groups in total. The van der Waals surface area contributed by atoms with E-state index in [-0.39, 0.29) is 17.9 Å². The van der Waals surface area contributed by atoms with E-state index in [9.17, 15) is 9.59 Å². The molecule has 2 heterocycles. The predicted octanol–water partition coefficient (Wildman–Crippen LogP) is 1.36. The van der Waals surface area contributed by atoms with Gasteiger partial charge in [0, 0.05) is 12.6 Å². The molecule has 5 heteroatoms. The molecule has 5 nitrogen and oxygen atoms in total. The maximum atomic E-state index is 11.5. The number of H-pyrrole nitrogens is 1. The largest absolute Gasteiger partial charge is 0.360 e. The molecule has 1 unspecified atom stereocenters. The highest BCUT2D eigenvalue weighted by Gasteiger charge is 2.26. The maximum Gasteiger partial charge on any atom is 0.249 e. The lowest BCUT2D eigenvalue weighted by Crippen LogP contribution is -2.47. The monoisotopic (exact) mass is 235 g/mol. The van der Waals surface area contributed by atoms with Gasteiger partial charge in [-0.1, -0.05) is 13.8 Å². The van der Waals surface area contributed by atoms with Crippen LogP contribution in [0.1, 0.15) is 38.2 Å². The Kier molecular flexibility index (Phi) is 3.17. The third-order valence-corrected chi connectivity index (χ3v) is 2.94. The molecule has 92 valence electrons. The molecule has 1 atom stereocenters. The summed E-state index contributed by atoms with van der Waals surface area (Å²) in [7, 11) is 0. The van der Waals surface area contributed by atoms with Gasteiger partial charge in [0.2, 0.25) is 11.8 Å². The Morgan fingerprint density at radius 2 is 2.18 bits per heavy atom. The zero-order chi connectivity index (χ0) is 12.4. The van der Waals surface area contributed by atoms with Crippen LogP contribution >= 0.6 is 0 Å². The molecule has 0 saturated carbocycles. The highest BCUT2D eigenvalue weighted by Crippen LogP contribution is 2.19. The van der Waals surface area contributed by atoms with Crippen molar-refractivity contribution in [3.05, 3.63) is 17.8 Å². The Bertz CT molecular complexity index is 437. The van der Waals surface area contributed by atoms with Gasteiger partial charge < -0.3 is 10.3 Å². The second-order valence-corrected chi connectivity index (χ2v) is 4.65.